The second kappa shape index (κ2) is 3.75. The van der Waals surface area contributed by atoms with Crippen LogP contribution in [-0.4, -0.2) is 0 Å². The molecule has 76 valence electrons. The Morgan fingerprint density at radius 3 is 2.67 bits per heavy atom. The van der Waals surface area contributed by atoms with Crippen LogP contribution < -0.4 is 5.73 Å². The molecule has 0 saturated carbocycles. The Bertz CT molecular complexity index is 523. The van der Waals surface area contributed by atoms with Crippen molar-refractivity contribution in [1.82, 2.24) is 0 Å². The van der Waals surface area contributed by atoms with E-state index in [2.05, 4.69) is 13.2 Å². The first-order valence-electron chi connectivity index (χ1n) is 4.80. The second-order valence-electron chi connectivity index (χ2n) is 3.32. The molecule has 0 saturated heterocycles. The third kappa shape index (κ3) is 1.49. The summed E-state index contributed by atoms with van der Waals surface area (Å²) in [4.78, 5) is 0. The molecular formula is C13H13NO. The summed E-state index contributed by atoms with van der Waals surface area (Å²) in [7, 11) is 0. The Labute approximate surface area is 88.7 Å². The number of hydrogen-bond donors (Lipinski definition) is 1. The lowest BCUT2D eigenvalue weighted by molar-refractivity contribution is 0.603. The molecule has 0 radical (unpaired) electrons. The monoisotopic (exact) mass is 199 g/mol. The van der Waals surface area contributed by atoms with Crippen molar-refractivity contribution in [2.24, 2.45) is 5.73 Å². The topological polar surface area (TPSA) is 39.2 Å². The minimum absolute atomic E-state index is 0.517. The van der Waals surface area contributed by atoms with Crippen molar-refractivity contribution in [2.75, 3.05) is 0 Å². The smallest absolute Gasteiger partial charge is 0.135 e. The molecule has 0 bridgehead atoms. The normalized spacial score (nSPS) is 10.5. The van der Waals surface area contributed by atoms with E-state index in [9.17, 15) is 0 Å². The van der Waals surface area contributed by atoms with Crippen LogP contribution in [0.3, 0.4) is 0 Å². The van der Waals surface area contributed by atoms with Gasteiger partial charge in [0.25, 0.3) is 0 Å². The maximum absolute atomic E-state index is 5.64. The lowest BCUT2D eigenvalue weighted by atomic mass is 10.1. The highest BCUT2D eigenvalue weighted by atomic mass is 16.3. The highest BCUT2D eigenvalue weighted by Gasteiger charge is 2.08. The molecule has 1 aromatic carbocycles. The lowest BCUT2D eigenvalue weighted by Gasteiger charge is -1.95. The third-order valence-corrected chi connectivity index (χ3v) is 2.45. The van der Waals surface area contributed by atoms with Gasteiger partial charge in [-0.1, -0.05) is 31.4 Å². The van der Waals surface area contributed by atoms with Crippen LogP contribution in [0.5, 0.6) is 0 Å². The van der Waals surface area contributed by atoms with Crippen molar-refractivity contribution >= 4 is 23.1 Å². The fourth-order valence-electron chi connectivity index (χ4n) is 1.67. The Morgan fingerprint density at radius 1 is 1.27 bits per heavy atom. The van der Waals surface area contributed by atoms with E-state index in [0.29, 0.717) is 6.54 Å². The molecule has 0 aliphatic heterocycles. The van der Waals surface area contributed by atoms with E-state index in [1.165, 1.54) is 0 Å². The Morgan fingerprint density at radius 2 is 2.07 bits per heavy atom. The summed E-state index contributed by atoms with van der Waals surface area (Å²) in [5, 5.41) is 1.05. The standard InChI is InChI=1S/C13H13NO/c1-3-10-11-6-5-9(8-14)7-13(11)15-12(10)4-2/h3-7H,1-2,8,14H2. The van der Waals surface area contributed by atoms with E-state index in [1.807, 2.05) is 18.2 Å². The summed E-state index contributed by atoms with van der Waals surface area (Å²) in [6.07, 6.45) is 3.48. The van der Waals surface area contributed by atoms with Gasteiger partial charge in [0.2, 0.25) is 0 Å². The average molecular weight is 199 g/mol. The summed E-state index contributed by atoms with van der Waals surface area (Å²) in [6, 6.07) is 5.96. The van der Waals surface area contributed by atoms with Crippen LogP contribution in [0.15, 0.2) is 35.8 Å². The van der Waals surface area contributed by atoms with Crippen LogP contribution in [0, 0.1) is 0 Å². The molecule has 0 amide bonds. The summed E-state index contributed by atoms with van der Waals surface area (Å²) in [5.74, 6) is 0.758. The van der Waals surface area contributed by atoms with Crippen LogP contribution >= 0.6 is 0 Å². The van der Waals surface area contributed by atoms with Crippen LogP contribution in [0.25, 0.3) is 23.1 Å². The predicted molar refractivity (Wildman–Crippen MR) is 64.3 cm³/mol. The molecule has 0 aliphatic carbocycles. The number of benzene rings is 1. The summed E-state index contributed by atoms with van der Waals surface area (Å²) < 4.78 is 5.64. The molecule has 2 rings (SSSR count). The molecule has 0 atom stereocenters. The van der Waals surface area contributed by atoms with E-state index < -0.39 is 0 Å². The zero-order valence-corrected chi connectivity index (χ0v) is 8.49. The van der Waals surface area contributed by atoms with Gasteiger partial charge in [0.1, 0.15) is 11.3 Å². The first-order valence-corrected chi connectivity index (χ1v) is 4.80. The Hall–Kier alpha value is -1.80. The van der Waals surface area contributed by atoms with Gasteiger partial charge in [0, 0.05) is 17.5 Å². The van der Waals surface area contributed by atoms with E-state index in [0.717, 1.165) is 27.9 Å². The van der Waals surface area contributed by atoms with E-state index in [-0.39, 0.29) is 0 Å². The van der Waals surface area contributed by atoms with Gasteiger partial charge < -0.3 is 10.2 Å². The van der Waals surface area contributed by atoms with Gasteiger partial charge >= 0.3 is 0 Å². The summed E-state index contributed by atoms with van der Waals surface area (Å²) in [5.41, 5.74) is 8.45. The highest BCUT2D eigenvalue weighted by molar-refractivity contribution is 5.90. The molecule has 2 N–H and O–H groups in total. The molecule has 0 aliphatic rings. The maximum atomic E-state index is 5.64. The van der Waals surface area contributed by atoms with Crippen molar-refractivity contribution in [1.29, 1.82) is 0 Å². The Kier molecular flexibility index (Phi) is 2.44. The van der Waals surface area contributed by atoms with Crippen LogP contribution in [-0.2, 0) is 6.54 Å². The van der Waals surface area contributed by atoms with Crippen molar-refractivity contribution in [3.05, 3.63) is 48.2 Å². The van der Waals surface area contributed by atoms with Crippen molar-refractivity contribution < 1.29 is 4.42 Å². The zero-order valence-electron chi connectivity index (χ0n) is 8.49. The van der Waals surface area contributed by atoms with Gasteiger partial charge in [0.15, 0.2) is 0 Å². The van der Waals surface area contributed by atoms with Crippen molar-refractivity contribution in [3.8, 4) is 0 Å². The molecule has 0 fully saturated rings. The molecule has 15 heavy (non-hydrogen) atoms. The fraction of sp³-hybridized carbons (Fsp3) is 0.0769. The molecule has 1 aromatic heterocycles. The first-order chi connectivity index (χ1) is 7.30. The summed E-state index contributed by atoms with van der Waals surface area (Å²) >= 11 is 0. The fourth-order valence-corrected chi connectivity index (χ4v) is 1.67. The van der Waals surface area contributed by atoms with E-state index >= 15 is 0 Å². The van der Waals surface area contributed by atoms with E-state index in [4.69, 9.17) is 10.2 Å². The molecular weight excluding hydrogens is 186 g/mol. The van der Waals surface area contributed by atoms with Crippen LogP contribution in [0.4, 0.5) is 0 Å². The third-order valence-electron chi connectivity index (χ3n) is 2.45. The number of furan rings is 1. The first kappa shape index (κ1) is 9.74. The second-order valence-corrected chi connectivity index (χ2v) is 3.32. The quantitative estimate of drug-likeness (QED) is 0.824. The SMILES string of the molecule is C=Cc1oc2cc(CN)ccc2c1C=C. The molecule has 0 unspecified atom stereocenters. The number of rotatable bonds is 3. The average Bonchev–Trinajstić information content (AvgIpc) is 2.65. The molecule has 1 heterocycles. The Balaban J connectivity index is 2.76. The van der Waals surface area contributed by atoms with Gasteiger partial charge in [-0.25, -0.2) is 0 Å². The van der Waals surface area contributed by atoms with Crippen LogP contribution in [0.2, 0.25) is 0 Å². The van der Waals surface area contributed by atoms with Gasteiger partial charge in [-0.05, 0) is 17.7 Å². The summed E-state index contributed by atoms with van der Waals surface area (Å²) in [6.45, 7) is 8.00. The molecule has 2 nitrogen and oxygen atoms in total. The molecule has 0 spiro atoms. The van der Waals surface area contributed by atoms with Crippen LogP contribution in [0.1, 0.15) is 16.9 Å². The van der Waals surface area contributed by atoms with Gasteiger partial charge in [-0.15, -0.1) is 0 Å². The van der Waals surface area contributed by atoms with Crippen molar-refractivity contribution in [3.63, 3.8) is 0 Å². The van der Waals surface area contributed by atoms with E-state index in [1.54, 1.807) is 12.2 Å². The van der Waals surface area contributed by atoms with Gasteiger partial charge in [-0.2, -0.15) is 0 Å². The van der Waals surface area contributed by atoms with Gasteiger partial charge in [0.05, 0.1) is 0 Å². The highest BCUT2D eigenvalue weighted by Crippen LogP contribution is 2.28. The number of fused-ring (bicyclic) bond motifs is 1. The lowest BCUT2D eigenvalue weighted by Crippen LogP contribution is -1.94. The largest absolute Gasteiger partial charge is 0.456 e. The minimum atomic E-state index is 0.517. The number of hydrogen-bond acceptors (Lipinski definition) is 2. The van der Waals surface area contributed by atoms with Gasteiger partial charge in [-0.3, -0.25) is 0 Å². The number of nitrogens with two attached hydrogens (primary N) is 1. The minimum Gasteiger partial charge on any atom is -0.456 e. The maximum Gasteiger partial charge on any atom is 0.135 e. The predicted octanol–water partition coefficient (Wildman–Crippen LogP) is 3.18. The zero-order chi connectivity index (χ0) is 10.8. The molecule has 2 aromatic rings. The van der Waals surface area contributed by atoms with Crippen molar-refractivity contribution in [2.45, 2.75) is 6.54 Å². The molecule has 2 heteroatoms.